The summed E-state index contributed by atoms with van der Waals surface area (Å²) in [6, 6.07) is 18.7. The number of benzene rings is 2. The Bertz CT molecular complexity index is 784. The Morgan fingerprint density at radius 1 is 1.11 bits per heavy atom. The fraction of sp³-hybridized carbons (Fsp3) is 0.364. The topological polar surface area (TPSA) is 56.7 Å². The highest BCUT2D eigenvalue weighted by Crippen LogP contribution is 2.40. The van der Waals surface area contributed by atoms with Crippen LogP contribution in [0.3, 0.4) is 0 Å². The zero-order valence-corrected chi connectivity index (χ0v) is 16.3. The van der Waals surface area contributed by atoms with Crippen LogP contribution in [0, 0.1) is 0 Å². The molecule has 0 aromatic heterocycles. The van der Waals surface area contributed by atoms with Crippen molar-refractivity contribution < 1.29 is 4.79 Å². The Balaban J connectivity index is 1.59. The van der Waals surface area contributed by atoms with E-state index < -0.39 is 0 Å². The lowest BCUT2D eigenvalue weighted by Gasteiger charge is -2.12. The molecule has 1 aliphatic carbocycles. The Morgan fingerprint density at radius 2 is 1.81 bits per heavy atom. The lowest BCUT2D eigenvalue weighted by Crippen LogP contribution is -2.39. The van der Waals surface area contributed by atoms with Crippen LogP contribution >= 0.6 is 0 Å². The van der Waals surface area contributed by atoms with Crippen LogP contribution in [0.1, 0.15) is 40.7 Å². The van der Waals surface area contributed by atoms with Gasteiger partial charge < -0.3 is 15.5 Å². The van der Waals surface area contributed by atoms with Gasteiger partial charge in [0, 0.05) is 38.2 Å². The van der Waals surface area contributed by atoms with Gasteiger partial charge in [-0.3, -0.25) is 4.79 Å². The van der Waals surface area contributed by atoms with Gasteiger partial charge in [-0.05, 0) is 36.6 Å². The molecular formula is C22H28N4O. The number of nitrogens with zero attached hydrogens (tertiary/aromatic N) is 2. The number of amides is 1. The standard InChI is InChI=1S/C22H28N4O/c1-4-23-22(25-20-14-19(20)17-8-6-5-7-9-17)24-15-16-10-12-18(13-11-16)21(27)26(2)3/h5-13,19-20H,4,14-15H2,1-3H3,(H2,23,24,25). The van der Waals surface area contributed by atoms with E-state index in [0.717, 1.165) is 24.5 Å². The Morgan fingerprint density at radius 3 is 2.44 bits per heavy atom. The van der Waals surface area contributed by atoms with E-state index >= 15 is 0 Å². The highest BCUT2D eigenvalue weighted by atomic mass is 16.2. The smallest absolute Gasteiger partial charge is 0.253 e. The van der Waals surface area contributed by atoms with E-state index in [-0.39, 0.29) is 5.91 Å². The number of nitrogens with one attached hydrogen (secondary N) is 2. The summed E-state index contributed by atoms with van der Waals surface area (Å²) in [4.78, 5) is 18.2. The van der Waals surface area contributed by atoms with Gasteiger partial charge in [0.2, 0.25) is 0 Å². The van der Waals surface area contributed by atoms with Crippen molar-refractivity contribution in [3.8, 4) is 0 Å². The molecule has 0 aliphatic heterocycles. The lowest BCUT2D eigenvalue weighted by molar-refractivity contribution is 0.0827. The molecule has 0 spiro atoms. The summed E-state index contributed by atoms with van der Waals surface area (Å²) in [5, 5.41) is 6.85. The van der Waals surface area contributed by atoms with E-state index in [1.165, 1.54) is 5.56 Å². The third-order valence-electron chi connectivity index (χ3n) is 4.71. The molecule has 0 radical (unpaired) electrons. The van der Waals surface area contributed by atoms with Gasteiger partial charge in [0.25, 0.3) is 5.91 Å². The monoisotopic (exact) mass is 364 g/mol. The van der Waals surface area contributed by atoms with Crippen LogP contribution in [0.25, 0.3) is 0 Å². The molecule has 5 nitrogen and oxygen atoms in total. The van der Waals surface area contributed by atoms with Crippen LogP contribution in [0.15, 0.2) is 59.6 Å². The van der Waals surface area contributed by atoms with Crippen LogP contribution < -0.4 is 10.6 Å². The third kappa shape index (κ3) is 5.09. The van der Waals surface area contributed by atoms with Gasteiger partial charge in [0.05, 0.1) is 6.54 Å². The summed E-state index contributed by atoms with van der Waals surface area (Å²) in [7, 11) is 3.52. The van der Waals surface area contributed by atoms with Crippen LogP contribution in [0.5, 0.6) is 0 Å². The summed E-state index contributed by atoms with van der Waals surface area (Å²) in [6.45, 7) is 3.47. The van der Waals surface area contributed by atoms with Crippen molar-refractivity contribution in [1.29, 1.82) is 0 Å². The van der Waals surface area contributed by atoms with Gasteiger partial charge in [-0.1, -0.05) is 42.5 Å². The Kier molecular flexibility index (Phi) is 6.12. The molecule has 1 fully saturated rings. The van der Waals surface area contributed by atoms with E-state index in [1.54, 1.807) is 19.0 Å². The Labute approximate surface area is 161 Å². The quantitative estimate of drug-likeness (QED) is 0.612. The van der Waals surface area contributed by atoms with Gasteiger partial charge in [0.15, 0.2) is 5.96 Å². The second kappa shape index (κ2) is 8.71. The fourth-order valence-electron chi connectivity index (χ4n) is 3.10. The minimum atomic E-state index is 0.0146. The van der Waals surface area contributed by atoms with Gasteiger partial charge in [0.1, 0.15) is 0 Å². The zero-order valence-electron chi connectivity index (χ0n) is 16.3. The van der Waals surface area contributed by atoms with Crippen molar-refractivity contribution in [2.24, 2.45) is 4.99 Å². The molecule has 1 amide bonds. The van der Waals surface area contributed by atoms with Crippen LogP contribution in [0.4, 0.5) is 0 Å². The molecule has 3 rings (SSSR count). The number of aliphatic imine (C=N–C) groups is 1. The normalized spacial score (nSPS) is 18.7. The molecule has 2 aromatic carbocycles. The van der Waals surface area contributed by atoms with E-state index in [9.17, 15) is 4.79 Å². The van der Waals surface area contributed by atoms with Crippen LogP contribution in [0.2, 0.25) is 0 Å². The first-order chi connectivity index (χ1) is 13.1. The maximum atomic E-state index is 12.0. The number of carbonyl (C=O) groups excluding carboxylic acids is 1. The van der Waals surface area contributed by atoms with Crippen molar-refractivity contribution in [1.82, 2.24) is 15.5 Å². The summed E-state index contributed by atoms with van der Waals surface area (Å²) in [5.74, 6) is 1.42. The third-order valence-corrected chi connectivity index (χ3v) is 4.71. The number of rotatable bonds is 6. The second-order valence-electron chi connectivity index (χ2n) is 7.10. The maximum absolute atomic E-state index is 12.0. The highest BCUT2D eigenvalue weighted by Gasteiger charge is 2.38. The molecule has 1 saturated carbocycles. The van der Waals surface area contributed by atoms with Gasteiger partial charge in [-0.2, -0.15) is 0 Å². The molecule has 142 valence electrons. The summed E-state index contributed by atoms with van der Waals surface area (Å²) in [6.07, 6.45) is 1.13. The average molecular weight is 364 g/mol. The van der Waals surface area contributed by atoms with Crippen LogP contribution in [-0.2, 0) is 6.54 Å². The van der Waals surface area contributed by atoms with Gasteiger partial charge in [-0.15, -0.1) is 0 Å². The van der Waals surface area contributed by atoms with Gasteiger partial charge >= 0.3 is 0 Å². The number of hydrogen-bond donors (Lipinski definition) is 2. The molecule has 2 aromatic rings. The first-order valence-corrected chi connectivity index (χ1v) is 9.49. The predicted octanol–water partition coefficient (Wildman–Crippen LogP) is 3.00. The largest absolute Gasteiger partial charge is 0.357 e. The predicted molar refractivity (Wildman–Crippen MR) is 110 cm³/mol. The van der Waals surface area contributed by atoms with E-state index in [1.807, 2.05) is 24.3 Å². The second-order valence-corrected chi connectivity index (χ2v) is 7.10. The molecule has 27 heavy (non-hydrogen) atoms. The molecule has 2 atom stereocenters. The summed E-state index contributed by atoms with van der Waals surface area (Å²) in [5.41, 5.74) is 3.16. The number of hydrogen-bond acceptors (Lipinski definition) is 2. The number of guanidine groups is 1. The maximum Gasteiger partial charge on any atom is 0.253 e. The number of carbonyl (C=O) groups is 1. The minimum Gasteiger partial charge on any atom is -0.357 e. The molecule has 2 N–H and O–H groups in total. The fourth-order valence-corrected chi connectivity index (χ4v) is 3.10. The van der Waals surface area contributed by atoms with Crippen molar-refractivity contribution in [3.05, 3.63) is 71.3 Å². The summed E-state index contributed by atoms with van der Waals surface area (Å²) < 4.78 is 0. The van der Waals surface area contributed by atoms with Gasteiger partial charge in [-0.25, -0.2) is 4.99 Å². The van der Waals surface area contributed by atoms with E-state index in [2.05, 4.69) is 47.9 Å². The molecular weight excluding hydrogens is 336 g/mol. The van der Waals surface area contributed by atoms with E-state index in [4.69, 9.17) is 4.99 Å². The molecule has 1 aliphatic rings. The SMILES string of the molecule is CCNC(=NCc1ccc(C(=O)N(C)C)cc1)NC1CC1c1ccccc1. The zero-order chi connectivity index (χ0) is 19.2. The minimum absolute atomic E-state index is 0.0146. The van der Waals surface area contributed by atoms with Crippen molar-refractivity contribution in [2.45, 2.75) is 31.8 Å². The van der Waals surface area contributed by atoms with Crippen molar-refractivity contribution in [2.75, 3.05) is 20.6 Å². The summed E-state index contributed by atoms with van der Waals surface area (Å²) >= 11 is 0. The molecule has 0 bridgehead atoms. The molecule has 0 heterocycles. The molecule has 2 unspecified atom stereocenters. The van der Waals surface area contributed by atoms with E-state index in [0.29, 0.717) is 24.1 Å². The highest BCUT2D eigenvalue weighted by molar-refractivity contribution is 5.93. The Hall–Kier alpha value is -2.82. The average Bonchev–Trinajstić information content (AvgIpc) is 3.46. The van der Waals surface area contributed by atoms with Crippen molar-refractivity contribution >= 4 is 11.9 Å². The van der Waals surface area contributed by atoms with Crippen molar-refractivity contribution in [3.63, 3.8) is 0 Å². The molecule has 5 heteroatoms. The first-order valence-electron chi connectivity index (χ1n) is 9.49. The first kappa shape index (κ1) is 19.0. The lowest BCUT2D eigenvalue weighted by atomic mass is 10.1. The van der Waals surface area contributed by atoms with Crippen LogP contribution in [-0.4, -0.2) is 43.4 Å². The molecule has 0 saturated heterocycles.